The standard InChI is InChI=1S/C22H13Br/c23-17-10-8-14(9-11-17)16-12-15-4-3-7-20-18-5-1-2-6-19(18)21(13-16)22(15)20/h1-13H. The minimum atomic E-state index is 1.11. The summed E-state index contributed by atoms with van der Waals surface area (Å²) in [6.45, 7) is 0. The molecule has 1 heteroatoms. The third kappa shape index (κ3) is 1.90. The van der Waals surface area contributed by atoms with Crippen molar-refractivity contribution in [2.75, 3.05) is 0 Å². The fourth-order valence-electron chi connectivity index (χ4n) is 3.63. The highest BCUT2D eigenvalue weighted by Gasteiger charge is 2.21. The lowest BCUT2D eigenvalue weighted by Gasteiger charge is -2.08. The van der Waals surface area contributed by atoms with E-state index in [0.717, 1.165) is 4.47 Å². The zero-order valence-corrected chi connectivity index (χ0v) is 14.0. The molecule has 0 fully saturated rings. The van der Waals surface area contributed by atoms with Crippen molar-refractivity contribution in [1.82, 2.24) is 0 Å². The molecule has 0 saturated heterocycles. The van der Waals surface area contributed by atoms with Crippen molar-refractivity contribution in [2.45, 2.75) is 0 Å². The van der Waals surface area contributed by atoms with Crippen molar-refractivity contribution in [2.24, 2.45) is 0 Å². The van der Waals surface area contributed by atoms with Gasteiger partial charge in [-0.2, -0.15) is 0 Å². The highest BCUT2D eigenvalue weighted by Crippen LogP contribution is 2.48. The zero-order valence-electron chi connectivity index (χ0n) is 12.4. The van der Waals surface area contributed by atoms with Crippen LogP contribution in [0.3, 0.4) is 0 Å². The van der Waals surface area contributed by atoms with Gasteiger partial charge in [-0.25, -0.2) is 0 Å². The van der Waals surface area contributed by atoms with E-state index in [0.29, 0.717) is 0 Å². The maximum Gasteiger partial charge on any atom is 0.0175 e. The summed E-state index contributed by atoms with van der Waals surface area (Å²) in [7, 11) is 0. The van der Waals surface area contributed by atoms with Gasteiger partial charge in [0.15, 0.2) is 0 Å². The maximum atomic E-state index is 3.52. The van der Waals surface area contributed by atoms with Crippen LogP contribution in [0.1, 0.15) is 0 Å². The first-order valence-electron chi connectivity index (χ1n) is 7.74. The first-order chi connectivity index (χ1) is 11.3. The molecule has 5 rings (SSSR count). The SMILES string of the molecule is Brc1ccc(-c2cc3c4c(cccc4c2)-c2ccccc2-3)cc1. The van der Waals surface area contributed by atoms with Crippen LogP contribution in [0.4, 0.5) is 0 Å². The smallest absolute Gasteiger partial charge is 0.0175 e. The summed E-state index contributed by atoms with van der Waals surface area (Å²) in [4.78, 5) is 0. The quantitative estimate of drug-likeness (QED) is 0.306. The summed E-state index contributed by atoms with van der Waals surface area (Å²) >= 11 is 3.52. The third-order valence-electron chi connectivity index (χ3n) is 4.66. The molecule has 0 aromatic heterocycles. The monoisotopic (exact) mass is 356 g/mol. The van der Waals surface area contributed by atoms with Crippen LogP contribution in [0.15, 0.2) is 83.3 Å². The molecule has 0 unspecified atom stereocenters. The molecule has 0 heterocycles. The average molecular weight is 357 g/mol. The molecule has 0 bridgehead atoms. The molecule has 0 N–H and O–H groups in total. The molecular weight excluding hydrogens is 344 g/mol. The third-order valence-corrected chi connectivity index (χ3v) is 5.19. The molecule has 0 saturated carbocycles. The number of benzene rings is 4. The van der Waals surface area contributed by atoms with E-state index < -0.39 is 0 Å². The van der Waals surface area contributed by atoms with Gasteiger partial charge in [0.25, 0.3) is 0 Å². The van der Waals surface area contributed by atoms with E-state index in [1.54, 1.807) is 0 Å². The minimum Gasteiger partial charge on any atom is -0.0616 e. The summed E-state index contributed by atoms with van der Waals surface area (Å²) in [5.74, 6) is 0. The van der Waals surface area contributed by atoms with Crippen molar-refractivity contribution in [3.05, 3.63) is 83.3 Å². The number of rotatable bonds is 1. The summed E-state index contributed by atoms with van der Waals surface area (Å²) in [6, 6.07) is 28.5. The van der Waals surface area contributed by atoms with Crippen LogP contribution >= 0.6 is 15.9 Å². The zero-order chi connectivity index (χ0) is 15.4. The highest BCUT2D eigenvalue weighted by atomic mass is 79.9. The molecule has 4 aromatic rings. The number of hydrogen-bond acceptors (Lipinski definition) is 0. The van der Waals surface area contributed by atoms with Crippen LogP contribution in [-0.4, -0.2) is 0 Å². The van der Waals surface area contributed by atoms with Crippen LogP contribution in [0, 0.1) is 0 Å². The fourth-order valence-corrected chi connectivity index (χ4v) is 3.89. The Balaban J connectivity index is 1.85. The van der Waals surface area contributed by atoms with E-state index in [-0.39, 0.29) is 0 Å². The maximum absolute atomic E-state index is 3.52. The molecule has 0 atom stereocenters. The molecule has 108 valence electrons. The normalized spacial score (nSPS) is 11.7. The van der Waals surface area contributed by atoms with Crippen LogP contribution in [-0.2, 0) is 0 Å². The Morgan fingerprint density at radius 1 is 0.522 bits per heavy atom. The Kier molecular flexibility index (Phi) is 2.74. The van der Waals surface area contributed by atoms with Crippen LogP contribution in [0.25, 0.3) is 44.2 Å². The summed E-state index contributed by atoms with van der Waals surface area (Å²) in [5, 5.41) is 2.70. The van der Waals surface area contributed by atoms with Crippen LogP contribution in [0.5, 0.6) is 0 Å². The van der Waals surface area contributed by atoms with Gasteiger partial charge < -0.3 is 0 Å². The lowest BCUT2D eigenvalue weighted by Crippen LogP contribution is -1.82. The molecule has 4 aromatic carbocycles. The molecular formula is C22H13Br. The summed E-state index contributed by atoms with van der Waals surface area (Å²) < 4.78 is 1.11. The molecule has 0 amide bonds. The minimum absolute atomic E-state index is 1.11. The topological polar surface area (TPSA) is 0 Å². The summed E-state index contributed by atoms with van der Waals surface area (Å²) in [5.41, 5.74) is 7.93. The Bertz CT molecular complexity index is 1060. The molecule has 0 spiro atoms. The number of halogens is 1. The van der Waals surface area contributed by atoms with Gasteiger partial charge in [-0.1, -0.05) is 70.5 Å². The molecule has 0 radical (unpaired) electrons. The first kappa shape index (κ1) is 13.1. The molecule has 0 nitrogen and oxygen atoms in total. The Hall–Kier alpha value is -2.38. The van der Waals surface area contributed by atoms with Crippen molar-refractivity contribution < 1.29 is 0 Å². The second-order valence-electron chi connectivity index (χ2n) is 5.98. The van der Waals surface area contributed by atoms with Crippen molar-refractivity contribution in [3.8, 4) is 33.4 Å². The number of fused-ring (bicyclic) bond motifs is 3. The van der Waals surface area contributed by atoms with E-state index in [1.165, 1.54) is 44.2 Å². The van der Waals surface area contributed by atoms with E-state index in [1.807, 2.05) is 0 Å². The predicted octanol–water partition coefficient (Wildman–Crippen LogP) is 6.92. The Morgan fingerprint density at radius 2 is 1.22 bits per heavy atom. The van der Waals surface area contributed by atoms with Gasteiger partial charge in [-0.15, -0.1) is 0 Å². The van der Waals surface area contributed by atoms with E-state index in [4.69, 9.17) is 0 Å². The van der Waals surface area contributed by atoms with Crippen LogP contribution in [0.2, 0.25) is 0 Å². The molecule has 23 heavy (non-hydrogen) atoms. The van der Waals surface area contributed by atoms with Gasteiger partial charge in [-0.05, 0) is 68.4 Å². The largest absolute Gasteiger partial charge is 0.0616 e. The fraction of sp³-hybridized carbons (Fsp3) is 0. The first-order valence-corrected chi connectivity index (χ1v) is 8.53. The Morgan fingerprint density at radius 3 is 2.00 bits per heavy atom. The van der Waals surface area contributed by atoms with Crippen molar-refractivity contribution in [3.63, 3.8) is 0 Å². The van der Waals surface area contributed by atoms with Crippen LogP contribution < -0.4 is 0 Å². The van der Waals surface area contributed by atoms with E-state index in [2.05, 4.69) is 94.8 Å². The van der Waals surface area contributed by atoms with Gasteiger partial charge >= 0.3 is 0 Å². The molecule has 1 aliphatic rings. The van der Waals surface area contributed by atoms with Crippen molar-refractivity contribution >= 4 is 26.7 Å². The molecule has 1 aliphatic carbocycles. The number of hydrogen-bond donors (Lipinski definition) is 0. The van der Waals surface area contributed by atoms with Gasteiger partial charge in [-0.3, -0.25) is 0 Å². The average Bonchev–Trinajstić information content (AvgIpc) is 2.92. The summed E-state index contributed by atoms with van der Waals surface area (Å²) in [6.07, 6.45) is 0. The Labute approximate surface area is 143 Å². The van der Waals surface area contributed by atoms with E-state index in [9.17, 15) is 0 Å². The van der Waals surface area contributed by atoms with Crippen molar-refractivity contribution in [1.29, 1.82) is 0 Å². The lowest BCUT2D eigenvalue weighted by atomic mass is 9.96. The predicted molar refractivity (Wildman–Crippen MR) is 102 cm³/mol. The van der Waals surface area contributed by atoms with Gasteiger partial charge in [0.2, 0.25) is 0 Å². The second kappa shape index (κ2) is 4.81. The van der Waals surface area contributed by atoms with E-state index >= 15 is 0 Å². The highest BCUT2D eigenvalue weighted by molar-refractivity contribution is 9.10. The lowest BCUT2D eigenvalue weighted by molar-refractivity contribution is 1.61. The van der Waals surface area contributed by atoms with Gasteiger partial charge in [0.05, 0.1) is 0 Å². The second-order valence-corrected chi connectivity index (χ2v) is 6.90. The van der Waals surface area contributed by atoms with Gasteiger partial charge in [0, 0.05) is 4.47 Å². The van der Waals surface area contributed by atoms with Gasteiger partial charge in [0.1, 0.15) is 0 Å². The molecule has 0 aliphatic heterocycles.